The summed E-state index contributed by atoms with van der Waals surface area (Å²) in [5.41, 5.74) is 2.57. The number of aliphatic hydroxyl groups is 1. The molecule has 1 saturated carbocycles. The van der Waals surface area contributed by atoms with E-state index in [2.05, 4.69) is 16.5 Å². The lowest BCUT2D eigenvalue weighted by molar-refractivity contribution is 0.0532. The maximum atomic E-state index is 12.7. The Morgan fingerprint density at radius 3 is 2.75 bits per heavy atom. The summed E-state index contributed by atoms with van der Waals surface area (Å²) in [6.45, 7) is 2.04. The van der Waals surface area contributed by atoms with Crippen molar-refractivity contribution in [1.82, 2.24) is 15.1 Å². The van der Waals surface area contributed by atoms with E-state index in [4.69, 9.17) is 16.9 Å². The van der Waals surface area contributed by atoms with Crippen LogP contribution in [0.25, 0.3) is 11.3 Å². The van der Waals surface area contributed by atoms with Crippen LogP contribution in [0.15, 0.2) is 24.3 Å². The standard InChI is InChI=1S/C21H25ClN4O2/c1-14-12-19(25-26(14)11-10-23)16-8-9-18(22)17(13-16)21(28)24-20(27)15-6-4-2-3-5-7-15/h8-9,12-13,15,20,27H,2-7,11H2,1H3,(H,24,28). The molecule has 1 aromatic carbocycles. The van der Waals surface area contributed by atoms with Crippen LogP contribution in [0.1, 0.15) is 54.6 Å². The van der Waals surface area contributed by atoms with E-state index in [0.717, 1.165) is 36.9 Å². The van der Waals surface area contributed by atoms with Gasteiger partial charge in [-0.3, -0.25) is 9.48 Å². The van der Waals surface area contributed by atoms with Crippen LogP contribution >= 0.6 is 11.6 Å². The van der Waals surface area contributed by atoms with Crippen molar-refractivity contribution in [2.75, 3.05) is 0 Å². The van der Waals surface area contributed by atoms with Crippen molar-refractivity contribution in [2.24, 2.45) is 5.92 Å². The molecule has 1 aromatic heterocycles. The summed E-state index contributed by atoms with van der Waals surface area (Å²) in [6.07, 6.45) is 5.50. The molecule has 7 heteroatoms. The molecule has 0 saturated heterocycles. The molecule has 3 rings (SSSR count). The Bertz CT molecular complexity index is 879. The molecular weight excluding hydrogens is 376 g/mol. The van der Waals surface area contributed by atoms with Crippen LogP contribution in [-0.2, 0) is 6.54 Å². The number of carbonyl (C=O) groups is 1. The number of halogens is 1. The number of rotatable bonds is 5. The van der Waals surface area contributed by atoms with Gasteiger partial charge in [0.2, 0.25) is 0 Å². The zero-order valence-corrected chi connectivity index (χ0v) is 16.7. The molecule has 1 aliphatic carbocycles. The van der Waals surface area contributed by atoms with Crippen molar-refractivity contribution in [3.63, 3.8) is 0 Å². The third kappa shape index (κ3) is 4.73. The lowest BCUT2D eigenvalue weighted by Gasteiger charge is -2.22. The number of aromatic nitrogens is 2. The normalized spacial score (nSPS) is 16.2. The highest BCUT2D eigenvalue weighted by Gasteiger charge is 2.24. The van der Waals surface area contributed by atoms with Gasteiger partial charge in [0.25, 0.3) is 5.91 Å². The van der Waals surface area contributed by atoms with Gasteiger partial charge in [-0.2, -0.15) is 10.4 Å². The van der Waals surface area contributed by atoms with E-state index in [1.165, 1.54) is 12.8 Å². The minimum atomic E-state index is -0.873. The zero-order chi connectivity index (χ0) is 20.1. The van der Waals surface area contributed by atoms with Gasteiger partial charge in [0.15, 0.2) is 0 Å². The molecule has 1 heterocycles. The predicted molar refractivity (Wildman–Crippen MR) is 108 cm³/mol. The van der Waals surface area contributed by atoms with Crippen LogP contribution in [0.2, 0.25) is 5.02 Å². The Kier molecular flexibility index (Phi) is 6.71. The number of nitriles is 1. The number of hydrogen-bond donors (Lipinski definition) is 2. The molecule has 0 spiro atoms. The molecule has 0 radical (unpaired) electrons. The predicted octanol–water partition coefficient (Wildman–Crippen LogP) is 4.05. The third-order valence-corrected chi connectivity index (χ3v) is 5.66. The number of aliphatic hydroxyl groups excluding tert-OH is 1. The maximum absolute atomic E-state index is 12.7. The minimum absolute atomic E-state index is 0.0812. The first-order valence-electron chi connectivity index (χ1n) is 9.70. The van der Waals surface area contributed by atoms with Crippen LogP contribution in [0.3, 0.4) is 0 Å². The Labute approximate surface area is 170 Å². The summed E-state index contributed by atoms with van der Waals surface area (Å²) in [5, 5.41) is 26.8. The van der Waals surface area contributed by atoms with E-state index in [1.54, 1.807) is 22.9 Å². The average molecular weight is 401 g/mol. The monoisotopic (exact) mass is 400 g/mol. The van der Waals surface area contributed by atoms with Gasteiger partial charge in [-0.1, -0.05) is 43.4 Å². The van der Waals surface area contributed by atoms with E-state index in [1.807, 2.05) is 13.0 Å². The van der Waals surface area contributed by atoms with Crippen molar-refractivity contribution in [1.29, 1.82) is 5.26 Å². The number of benzene rings is 1. The largest absolute Gasteiger partial charge is 0.373 e. The molecule has 1 fully saturated rings. The molecule has 0 aliphatic heterocycles. The van der Waals surface area contributed by atoms with E-state index in [0.29, 0.717) is 16.3 Å². The molecule has 2 aromatic rings. The highest BCUT2D eigenvalue weighted by atomic mass is 35.5. The van der Waals surface area contributed by atoms with Gasteiger partial charge in [0.1, 0.15) is 12.8 Å². The van der Waals surface area contributed by atoms with Crippen LogP contribution in [0.4, 0.5) is 0 Å². The van der Waals surface area contributed by atoms with E-state index in [9.17, 15) is 9.90 Å². The third-order valence-electron chi connectivity index (χ3n) is 5.33. The number of nitrogens with zero attached hydrogens (tertiary/aromatic N) is 3. The van der Waals surface area contributed by atoms with Crippen LogP contribution in [-0.4, -0.2) is 27.0 Å². The second kappa shape index (κ2) is 9.22. The van der Waals surface area contributed by atoms with Gasteiger partial charge in [-0.05, 0) is 38.0 Å². The molecule has 28 heavy (non-hydrogen) atoms. The number of amides is 1. The van der Waals surface area contributed by atoms with Gasteiger partial charge in [-0.15, -0.1) is 0 Å². The maximum Gasteiger partial charge on any atom is 0.254 e. The Hall–Kier alpha value is -2.36. The first-order chi connectivity index (χ1) is 13.5. The van der Waals surface area contributed by atoms with Crippen molar-refractivity contribution >= 4 is 17.5 Å². The zero-order valence-electron chi connectivity index (χ0n) is 16.0. The van der Waals surface area contributed by atoms with Gasteiger partial charge < -0.3 is 10.4 Å². The highest BCUT2D eigenvalue weighted by Crippen LogP contribution is 2.27. The van der Waals surface area contributed by atoms with Gasteiger partial charge in [0, 0.05) is 17.2 Å². The first kappa shape index (κ1) is 20.4. The average Bonchev–Trinajstić information content (AvgIpc) is 2.87. The van der Waals surface area contributed by atoms with Crippen LogP contribution < -0.4 is 5.32 Å². The van der Waals surface area contributed by atoms with Crippen molar-refractivity contribution in [2.45, 2.75) is 58.2 Å². The second-order valence-electron chi connectivity index (χ2n) is 7.35. The van der Waals surface area contributed by atoms with E-state index in [-0.39, 0.29) is 12.5 Å². The fraction of sp³-hybridized carbons (Fsp3) is 0.476. The molecule has 1 unspecified atom stereocenters. The molecule has 2 N–H and O–H groups in total. The fourth-order valence-corrected chi connectivity index (χ4v) is 3.90. The first-order valence-corrected chi connectivity index (χ1v) is 10.1. The molecule has 1 amide bonds. The lowest BCUT2D eigenvalue weighted by atomic mass is 9.98. The van der Waals surface area contributed by atoms with Gasteiger partial charge in [0.05, 0.1) is 22.3 Å². The fourth-order valence-electron chi connectivity index (χ4n) is 3.69. The summed E-state index contributed by atoms with van der Waals surface area (Å²) in [6, 6.07) is 9.06. The molecular formula is C21H25ClN4O2. The minimum Gasteiger partial charge on any atom is -0.373 e. The van der Waals surface area contributed by atoms with E-state index < -0.39 is 12.1 Å². The van der Waals surface area contributed by atoms with E-state index >= 15 is 0 Å². The SMILES string of the molecule is Cc1cc(-c2ccc(Cl)c(C(=O)NC(O)C3CCCCCC3)c2)nn1CC#N. The Balaban J connectivity index is 1.78. The smallest absolute Gasteiger partial charge is 0.254 e. The summed E-state index contributed by atoms with van der Waals surface area (Å²) in [5.74, 6) is -0.311. The highest BCUT2D eigenvalue weighted by molar-refractivity contribution is 6.34. The second-order valence-corrected chi connectivity index (χ2v) is 7.76. The number of carbonyl (C=O) groups excluding carboxylic acids is 1. The topological polar surface area (TPSA) is 90.9 Å². The van der Waals surface area contributed by atoms with Crippen LogP contribution in [0, 0.1) is 24.2 Å². The van der Waals surface area contributed by atoms with Gasteiger partial charge >= 0.3 is 0 Å². The Morgan fingerprint density at radius 1 is 1.36 bits per heavy atom. The number of aryl methyl sites for hydroxylation is 1. The number of nitrogens with one attached hydrogen (secondary N) is 1. The molecule has 1 aliphatic rings. The lowest BCUT2D eigenvalue weighted by Crippen LogP contribution is -2.40. The van der Waals surface area contributed by atoms with Crippen LogP contribution in [0.5, 0.6) is 0 Å². The summed E-state index contributed by atoms with van der Waals surface area (Å²) < 4.78 is 1.61. The summed E-state index contributed by atoms with van der Waals surface area (Å²) >= 11 is 6.25. The molecule has 148 valence electrons. The van der Waals surface area contributed by atoms with Crippen molar-refractivity contribution in [3.05, 3.63) is 40.5 Å². The van der Waals surface area contributed by atoms with Crippen molar-refractivity contribution in [3.8, 4) is 17.3 Å². The quantitative estimate of drug-likeness (QED) is 0.585. The number of hydrogen-bond acceptors (Lipinski definition) is 4. The molecule has 0 bridgehead atoms. The summed E-state index contributed by atoms with van der Waals surface area (Å²) in [4.78, 5) is 12.7. The van der Waals surface area contributed by atoms with Gasteiger partial charge in [-0.25, -0.2) is 0 Å². The molecule has 6 nitrogen and oxygen atoms in total. The Morgan fingerprint density at radius 2 is 2.07 bits per heavy atom. The van der Waals surface area contributed by atoms with Crippen molar-refractivity contribution < 1.29 is 9.90 Å². The summed E-state index contributed by atoms with van der Waals surface area (Å²) in [7, 11) is 0. The molecule has 1 atom stereocenters.